The Labute approximate surface area is 195 Å². The molecular weight excluding hydrogens is 435 g/mol. The number of nitrogens with zero attached hydrogens (tertiary/aromatic N) is 4. The summed E-state index contributed by atoms with van der Waals surface area (Å²) in [5, 5.41) is 11.6. The van der Waals surface area contributed by atoms with Crippen molar-refractivity contribution in [2.24, 2.45) is 0 Å². The number of aromatic nitrogens is 3. The summed E-state index contributed by atoms with van der Waals surface area (Å²) in [5.41, 5.74) is 1.27. The van der Waals surface area contributed by atoms with E-state index in [1.54, 1.807) is 35.2 Å². The molecule has 8 heteroatoms. The first-order valence-electron chi connectivity index (χ1n) is 11.2. The zero-order valence-electron chi connectivity index (χ0n) is 18.8. The first kappa shape index (κ1) is 22.0. The largest absolute Gasteiger partial charge is 0.388 e. The first-order chi connectivity index (χ1) is 16.3. The maximum atomic E-state index is 13.3. The van der Waals surface area contributed by atoms with E-state index in [1.807, 2.05) is 29.7 Å². The van der Waals surface area contributed by atoms with Gasteiger partial charge in [0.25, 0.3) is 11.5 Å². The summed E-state index contributed by atoms with van der Waals surface area (Å²) < 4.78 is 16.6. The molecule has 3 heterocycles. The Kier molecular flexibility index (Phi) is 5.53. The SMILES string of the molecule is Cc1cc2c(=O)n(CC3(O)CCN(C(=O)c4ccccc4)CC3)cnc2n1-c1ccc(F)cc1. The van der Waals surface area contributed by atoms with Crippen molar-refractivity contribution in [1.29, 1.82) is 0 Å². The van der Waals surface area contributed by atoms with Crippen molar-refractivity contribution in [3.05, 3.63) is 94.4 Å². The maximum absolute atomic E-state index is 13.3. The molecular formula is C26H25FN4O3. The van der Waals surface area contributed by atoms with Gasteiger partial charge in [-0.15, -0.1) is 0 Å². The van der Waals surface area contributed by atoms with E-state index >= 15 is 0 Å². The van der Waals surface area contributed by atoms with Crippen LogP contribution in [0.1, 0.15) is 28.9 Å². The summed E-state index contributed by atoms with van der Waals surface area (Å²) in [6, 6.07) is 16.9. The molecule has 0 atom stereocenters. The predicted octanol–water partition coefficient (Wildman–Crippen LogP) is 3.30. The molecule has 0 unspecified atom stereocenters. The molecule has 1 amide bonds. The molecule has 1 N–H and O–H groups in total. The first-order valence-corrected chi connectivity index (χ1v) is 11.2. The fourth-order valence-electron chi connectivity index (χ4n) is 4.63. The lowest BCUT2D eigenvalue weighted by molar-refractivity contribution is -0.0299. The van der Waals surface area contributed by atoms with E-state index in [1.165, 1.54) is 23.0 Å². The van der Waals surface area contributed by atoms with Crippen LogP contribution in [0.15, 0.2) is 71.8 Å². The van der Waals surface area contributed by atoms with E-state index in [2.05, 4.69) is 4.98 Å². The van der Waals surface area contributed by atoms with Crippen molar-refractivity contribution in [3.63, 3.8) is 0 Å². The van der Waals surface area contributed by atoms with Gasteiger partial charge in [-0.1, -0.05) is 18.2 Å². The van der Waals surface area contributed by atoms with Crippen molar-refractivity contribution >= 4 is 16.9 Å². The number of fused-ring (bicyclic) bond motifs is 1. The van der Waals surface area contributed by atoms with E-state index in [0.717, 1.165) is 5.69 Å². The van der Waals surface area contributed by atoms with Gasteiger partial charge in [-0.3, -0.25) is 18.7 Å². The highest BCUT2D eigenvalue weighted by atomic mass is 19.1. The van der Waals surface area contributed by atoms with Crippen LogP contribution >= 0.6 is 0 Å². The van der Waals surface area contributed by atoms with E-state index in [0.29, 0.717) is 48.2 Å². The second kappa shape index (κ2) is 8.53. The smallest absolute Gasteiger partial charge is 0.262 e. The second-order valence-electron chi connectivity index (χ2n) is 8.90. The third-order valence-corrected chi connectivity index (χ3v) is 6.52. The van der Waals surface area contributed by atoms with Gasteiger partial charge in [0.1, 0.15) is 12.1 Å². The van der Waals surface area contributed by atoms with Gasteiger partial charge >= 0.3 is 0 Å². The monoisotopic (exact) mass is 460 g/mol. The molecule has 1 aliphatic heterocycles. The normalized spacial score (nSPS) is 15.6. The van der Waals surface area contributed by atoms with E-state index in [4.69, 9.17) is 0 Å². The highest BCUT2D eigenvalue weighted by Gasteiger charge is 2.35. The van der Waals surface area contributed by atoms with Crippen LogP contribution < -0.4 is 5.56 Å². The van der Waals surface area contributed by atoms with Crippen LogP contribution in [0.4, 0.5) is 4.39 Å². The molecule has 4 aromatic rings. The summed E-state index contributed by atoms with van der Waals surface area (Å²) >= 11 is 0. The lowest BCUT2D eigenvalue weighted by atomic mass is 9.91. The fourth-order valence-corrected chi connectivity index (χ4v) is 4.63. The molecule has 7 nitrogen and oxygen atoms in total. The topological polar surface area (TPSA) is 80.4 Å². The molecule has 2 aromatic heterocycles. The lowest BCUT2D eigenvalue weighted by Gasteiger charge is -2.38. The average molecular weight is 461 g/mol. The summed E-state index contributed by atoms with van der Waals surface area (Å²) in [5.74, 6) is -0.390. The fraction of sp³-hybridized carbons (Fsp3) is 0.269. The van der Waals surface area contributed by atoms with Crippen LogP contribution in [0, 0.1) is 12.7 Å². The summed E-state index contributed by atoms with van der Waals surface area (Å²) in [6.45, 7) is 2.79. The quantitative estimate of drug-likeness (QED) is 0.507. The number of carbonyl (C=O) groups is 1. The zero-order chi connectivity index (χ0) is 23.9. The summed E-state index contributed by atoms with van der Waals surface area (Å²) in [7, 11) is 0. The number of carbonyl (C=O) groups excluding carboxylic acids is 1. The van der Waals surface area contributed by atoms with Crippen LogP contribution in [-0.4, -0.2) is 48.7 Å². The zero-order valence-corrected chi connectivity index (χ0v) is 18.8. The number of halogens is 1. The van der Waals surface area contributed by atoms with E-state index in [9.17, 15) is 19.1 Å². The molecule has 1 aliphatic rings. The van der Waals surface area contributed by atoms with E-state index < -0.39 is 5.60 Å². The van der Waals surface area contributed by atoms with Gasteiger partial charge in [0.05, 0.1) is 17.5 Å². The van der Waals surface area contributed by atoms with Crippen molar-refractivity contribution in [3.8, 4) is 5.69 Å². The highest BCUT2D eigenvalue weighted by molar-refractivity contribution is 5.94. The number of aliphatic hydroxyl groups is 1. The van der Waals surface area contributed by atoms with Crippen LogP contribution in [0.2, 0.25) is 0 Å². The van der Waals surface area contributed by atoms with Crippen molar-refractivity contribution in [2.45, 2.75) is 31.9 Å². The molecule has 1 saturated heterocycles. The van der Waals surface area contributed by atoms with Gasteiger partial charge in [0.15, 0.2) is 5.65 Å². The number of rotatable bonds is 4. The molecule has 0 saturated carbocycles. The van der Waals surface area contributed by atoms with Gasteiger partial charge in [-0.2, -0.15) is 0 Å². The van der Waals surface area contributed by atoms with Crippen LogP contribution in [0.5, 0.6) is 0 Å². The number of amides is 1. The molecule has 0 spiro atoms. The average Bonchev–Trinajstić information content (AvgIpc) is 3.19. The van der Waals surface area contributed by atoms with Gasteiger partial charge in [-0.05, 0) is 62.2 Å². The minimum Gasteiger partial charge on any atom is -0.388 e. The molecule has 34 heavy (non-hydrogen) atoms. The third kappa shape index (κ3) is 4.01. The summed E-state index contributed by atoms with van der Waals surface area (Å²) in [4.78, 5) is 32.2. The van der Waals surface area contributed by atoms with Crippen LogP contribution in [-0.2, 0) is 6.54 Å². The lowest BCUT2D eigenvalue weighted by Crippen LogP contribution is -2.49. The highest BCUT2D eigenvalue weighted by Crippen LogP contribution is 2.26. The third-order valence-electron chi connectivity index (χ3n) is 6.52. The molecule has 174 valence electrons. The summed E-state index contributed by atoms with van der Waals surface area (Å²) in [6.07, 6.45) is 2.18. The molecule has 0 aliphatic carbocycles. The van der Waals surface area contributed by atoms with E-state index in [-0.39, 0.29) is 23.8 Å². The molecule has 5 rings (SSSR count). The van der Waals surface area contributed by atoms with Gasteiger partial charge in [0, 0.05) is 30.0 Å². The number of aryl methyl sites for hydroxylation is 1. The Morgan fingerprint density at radius 1 is 1.09 bits per heavy atom. The Bertz CT molecular complexity index is 1400. The minimum atomic E-state index is -1.11. The molecule has 0 radical (unpaired) electrons. The predicted molar refractivity (Wildman–Crippen MR) is 127 cm³/mol. The number of piperidine rings is 1. The second-order valence-corrected chi connectivity index (χ2v) is 8.90. The van der Waals surface area contributed by atoms with Gasteiger partial charge in [-0.25, -0.2) is 9.37 Å². The number of hydrogen-bond acceptors (Lipinski definition) is 4. The van der Waals surface area contributed by atoms with Crippen molar-refractivity contribution < 1.29 is 14.3 Å². The van der Waals surface area contributed by atoms with Crippen LogP contribution in [0.25, 0.3) is 16.7 Å². The standard InChI is InChI=1S/C26H25FN4O3/c1-18-15-22-23(31(18)21-9-7-20(27)8-10-21)28-17-30(25(22)33)16-26(34)11-13-29(14-12-26)24(32)19-5-3-2-4-6-19/h2-10,15,17,34H,11-14,16H2,1H3. The van der Waals surface area contributed by atoms with Gasteiger partial charge in [0.2, 0.25) is 0 Å². The van der Waals surface area contributed by atoms with Crippen LogP contribution in [0.3, 0.4) is 0 Å². The Balaban J connectivity index is 1.36. The Morgan fingerprint density at radius 2 is 1.76 bits per heavy atom. The number of likely N-dealkylation sites (tertiary alicyclic amines) is 1. The molecule has 1 fully saturated rings. The maximum Gasteiger partial charge on any atom is 0.262 e. The minimum absolute atomic E-state index is 0.0551. The molecule has 0 bridgehead atoms. The van der Waals surface area contributed by atoms with Gasteiger partial charge < -0.3 is 10.0 Å². The Hall–Kier alpha value is -3.78. The number of benzene rings is 2. The Morgan fingerprint density at radius 3 is 2.44 bits per heavy atom. The number of hydrogen-bond donors (Lipinski definition) is 1. The van der Waals surface area contributed by atoms with Crippen molar-refractivity contribution in [2.75, 3.05) is 13.1 Å². The molecule has 2 aromatic carbocycles. The van der Waals surface area contributed by atoms with Crippen molar-refractivity contribution in [1.82, 2.24) is 19.0 Å².